The number of rotatable bonds is 4. The summed E-state index contributed by atoms with van der Waals surface area (Å²) in [7, 11) is -3.47. The second-order valence-corrected chi connectivity index (χ2v) is 6.30. The van der Waals surface area contributed by atoms with E-state index >= 15 is 0 Å². The van der Waals surface area contributed by atoms with Gasteiger partial charge in [-0.25, -0.2) is 8.42 Å². The van der Waals surface area contributed by atoms with E-state index in [1.807, 2.05) is 6.07 Å². The summed E-state index contributed by atoms with van der Waals surface area (Å²) in [6, 6.07) is 1.82. The van der Waals surface area contributed by atoms with Gasteiger partial charge in [0, 0.05) is 6.26 Å². The molecule has 0 radical (unpaired) electrons. The van der Waals surface area contributed by atoms with E-state index in [-0.39, 0.29) is 0 Å². The summed E-state index contributed by atoms with van der Waals surface area (Å²) in [6.07, 6.45) is 1.35. The first-order valence-corrected chi connectivity index (χ1v) is 6.21. The molecule has 1 unspecified atom stereocenters. The predicted octanol–water partition coefficient (Wildman–Crippen LogP) is 0.928. The van der Waals surface area contributed by atoms with Crippen LogP contribution in [-0.2, 0) is 14.6 Å². The summed E-state index contributed by atoms with van der Waals surface area (Å²) in [5.41, 5.74) is 0. The zero-order chi connectivity index (χ0) is 11.6. The molecule has 0 spiro atoms. The van der Waals surface area contributed by atoms with Gasteiger partial charge in [-0.15, -0.1) is 0 Å². The SMILES string of the molecule is CCC(C#N)C(=O)C(C)(C)S(C)(=O)=O. The predicted molar refractivity (Wildman–Crippen MR) is 53.3 cm³/mol. The molecule has 0 aliphatic heterocycles. The van der Waals surface area contributed by atoms with Crippen molar-refractivity contribution < 1.29 is 13.2 Å². The molecule has 0 aromatic rings. The van der Waals surface area contributed by atoms with Gasteiger partial charge in [0.15, 0.2) is 15.6 Å². The first-order valence-electron chi connectivity index (χ1n) is 4.32. The molecule has 0 aromatic carbocycles. The van der Waals surface area contributed by atoms with Crippen LogP contribution in [0.4, 0.5) is 0 Å². The van der Waals surface area contributed by atoms with Crippen LogP contribution in [0.2, 0.25) is 0 Å². The number of carbonyl (C=O) groups is 1. The zero-order valence-electron chi connectivity index (χ0n) is 8.86. The van der Waals surface area contributed by atoms with Crippen LogP contribution in [0.25, 0.3) is 0 Å². The molecule has 1 atom stereocenters. The average Bonchev–Trinajstić information content (AvgIpc) is 2.04. The Morgan fingerprint density at radius 2 is 1.93 bits per heavy atom. The number of hydrogen-bond acceptors (Lipinski definition) is 4. The fourth-order valence-corrected chi connectivity index (χ4v) is 1.45. The van der Waals surface area contributed by atoms with Crippen LogP contribution in [-0.4, -0.2) is 25.2 Å². The highest BCUT2D eigenvalue weighted by molar-refractivity contribution is 7.92. The first kappa shape index (κ1) is 13.1. The fraction of sp³-hybridized carbons (Fsp3) is 0.778. The smallest absolute Gasteiger partial charge is 0.170 e. The van der Waals surface area contributed by atoms with Crippen LogP contribution in [0.15, 0.2) is 0 Å². The maximum atomic E-state index is 11.7. The lowest BCUT2D eigenvalue weighted by Gasteiger charge is -2.22. The van der Waals surface area contributed by atoms with E-state index in [2.05, 4.69) is 0 Å². The molecule has 14 heavy (non-hydrogen) atoms. The number of ketones is 1. The molecule has 0 N–H and O–H groups in total. The summed E-state index contributed by atoms with van der Waals surface area (Å²) in [4.78, 5) is 11.7. The van der Waals surface area contributed by atoms with Gasteiger partial charge in [-0.05, 0) is 20.3 Å². The molecule has 0 amide bonds. The minimum atomic E-state index is -3.47. The van der Waals surface area contributed by atoms with Gasteiger partial charge in [-0.3, -0.25) is 4.79 Å². The van der Waals surface area contributed by atoms with E-state index in [9.17, 15) is 13.2 Å². The van der Waals surface area contributed by atoms with Gasteiger partial charge in [-0.1, -0.05) is 6.92 Å². The molecule has 0 aromatic heterocycles. The van der Waals surface area contributed by atoms with Crippen LogP contribution in [0.5, 0.6) is 0 Å². The molecule has 0 heterocycles. The Bertz CT molecular complexity index is 362. The monoisotopic (exact) mass is 217 g/mol. The lowest BCUT2D eigenvalue weighted by Crippen LogP contribution is -2.43. The number of nitrogens with zero attached hydrogens (tertiary/aromatic N) is 1. The molecule has 0 aliphatic rings. The lowest BCUT2D eigenvalue weighted by molar-refractivity contribution is -0.123. The van der Waals surface area contributed by atoms with Crippen molar-refractivity contribution in [3.63, 3.8) is 0 Å². The lowest BCUT2D eigenvalue weighted by atomic mass is 9.94. The van der Waals surface area contributed by atoms with Gasteiger partial charge in [0.2, 0.25) is 0 Å². The molecule has 4 nitrogen and oxygen atoms in total. The van der Waals surface area contributed by atoms with Crippen molar-refractivity contribution in [1.29, 1.82) is 5.26 Å². The largest absolute Gasteiger partial charge is 0.296 e. The van der Waals surface area contributed by atoms with E-state index in [0.717, 1.165) is 6.26 Å². The van der Waals surface area contributed by atoms with Crippen LogP contribution in [0, 0.1) is 17.2 Å². The number of Topliss-reactive ketones (excluding diaryl/α,β-unsaturated/α-hetero) is 1. The van der Waals surface area contributed by atoms with Gasteiger partial charge in [0.1, 0.15) is 10.7 Å². The molecular formula is C9H15NO3S. The highest BCUT2D eigenvalue weighted by Crippen LogP contribution is 2.22. The standard InChI is InChI=1S/C9H15NO3S/c1-5-7(6-10)8(11)9(2,3)14(4,12)13/h7H,5H2,1-4H3. The zero-order valence-corrected chi connectivity index (χ0v) is 9.68. The molecule has 80 valence electrons. The van der Waals surface area contributed by atoms with Crippen molar-refractivity contribution in [3.8, 4) is 6.07 Å². The number of sulfone groups is 1. The second-order valence-electron chi connectivity index (χ2n) is 3.74. The molecule has 0 saturated heterocycles. The molecule has 0 rings (SSSR count). The number of carbonyl (C=O) groups excluding carboxylic acids is 1. The second kappa shape index (κ2) is 4.09. The van der Waals surface area contributed by atoms with Crippen molar-refractivity contribution >= 4 is 15.6 Å². The quantitative estimate of drug-likeness (QED) is 0.702. The van der Waals surface area contributed by atoms with Crippen LogP contribution in [0.1, 0.15) is 27.2 Å². The van der Waals surface area contributed by atoms with Gasteiger partial charge in [-0.2, -0.15) is 5.26 Å². The summed E-state index contributed by atoms with van der Waals surface area (Å²) in [5.74, 6) is -1.36. The van der Waals surface area contributed by atoms with Crippen molar-refractivity contribution in [2.45, 2.75) is 31.9 Å². The fourth-order valence-electron chi connectivity index (χ4n) is 0.938. The normalized spacial score (nSPS) is 14.5. The summed E-state index contributed by atoms with van der Waals surface area (Å²) < 4.78 is 21.1. The van der Waals surface area contributed by atoms with Crippen LogP contribution < -0.4 is 0 Å². The highest BCUT2D eigenvalue weighted by Gasteiger charge is 2.41. The van der Waals surface area contributed by atoms with Crippen LogP contribution >= 0.6 is 0 Å². The van der Waals surface area contributed by atoms with Crippen molar-refractivity contribution in [2.24, 2.45) is 5.92 Å². The van der Waals surface area contributed by atoms with Gasteiger partial charge in [0.25, 0.3) is 0 Å². The van der Waals surface area contributed by atoms with E-state index in [1.54, 1.807) is 6.92 Å². The van der Waals surface area contributed by atoms with Crippen molar-refractivity contribution in [2.75, 3.05) is 6.26 Å². The average molecular weight is 217 g/mol. The maximum Gasteiger partial charge on any atom is 0.170 e. The van der Waals surface area contributed by atoms with Crippen molar-refractivity contribution in [1.82, 2.24) is 0 Å². The van der Waals surface area contributed by atoms with E-state index < -0.39 is 26.3 Å². The molecule has 0 bridgehead atoms. The highest BCUT2D eigenvalue weighted by atomic mass is 32.2. The third-order valence-electron chi connectivity index (χ3n) is 2.40. The molecule has 5 heteroatoms. The minimum absolute atomic E-state index is 0.342. The Kier molecular flexibility index (Phi) is 3.83. The summed E-state index contributed by atoms with van der Waals surface area (Å²) in [6.45, 7) is 4.36. The Labute approximate surface area is 84.8 Å². The van der Waals surface area contributed by atoms with Gasteiger partial charge in [0.05, 0.1) is 6.07 Å². The number of nitriles is 1. The maximum absolute atomic E-state index is 11.7. The van der Waals surface area contributed by atoms with E-state index in [4.69, 9.17) is 5.26 Å². The van der Waals surface area contributed by atoms with Gasteiger partial charge < -0.3 is 0 Å². The molecular weight excluding hydrogens is 202 g/mol. The topological polar surface area (TPSA) is 75.0 Å². The van der Waals surface area contributed by atoms with Crippen molar-refractivity contribution in [3.05, 3.63) is 0 Å². The van der Waals surface area contributed by atoms with E-state index in [0.29, 0.717) is 6.42 Å². The Morgan fingerprint density at radius 1 is 1.50 bits per heavy atom. The molecule has 0 fully saturated rings. The summed E-state index contributed by atoms with van der Waals surface area (Å²) in [5, 5.41) is 8.66. The third-order valence-corrected chi connectivity index (χ3v) is 4.46. The Hall–Kier alpha value is -0.890. The minimum Gasteiger partial charge on any atom is -0.296 e. The molecule has 0 aliphatic carbocycles. The first-order chi connectivity index (χ1) is 6.18. The van der Waals surface area contributed by atoms with E-state index in [1.165, 1.54) is 13.8 Å². The molecule has 0 saturated carbocycles. The third kappa shape index (κ3) is 2.32. The number of hydrogen-bond donors (Lipinski definition) is 0. The Morgan fingerprint density at radius 3 is 2.14 bits per heavy atom. The van der Waals surface area contributed by atoms with Crippen LogP contribution in [0.3, 0.4) is 0 Å². The summed E-state index contributed by atoms with van der Waals surface area (Å²) >= 11 is 0. The Balaban J connectivity index is 5.16. The van der Waals surface area contributed by atoms with Gasteiger partial charge >= 0.3 is 0 Å².